The third-order valence-electron chi connectivity index (χ3n) is 2.89. The first-order chi connectivity index (χ1) is 7.76. The molecule has 0 aliphatic carbocycles. The van der Waals surface area contributed by atoms with Gasteiger partial charge in [0, 0.05) is 19.7 Å². The quantitative estimate of drug-likeness (QED) is 0.732. The van der Waals surface area contributed by atoms with Crippen molar-refractivity contribution >= 4 is 0 Å². The zero-order valence-corrected chi connectivity index (χ0v) is 10.4. The van der Waals surface area contributed by atoms with Crippen LogP contribution in [0.4, 0.5) is 0 Å². The number of rotatable bonds is 6. The molecule has 0 radical (unpaired) electrons. The van der Waals surface area contributed by atoms with Gasteiger partial charge in [0.2, 0.25) is 0 Å². The van der Waals surface area contributed by atoms with E-state index in [9.17, 15) is 0 Å². The van der Waals surface area contributed by atoms with Crippen LogP contribution in [0.2, 0.25) is 0 Å². The Morgan fingerprint density at radius 1 is 1.56 bits per heavy atom. The summed E-state index contributed by atoms with van der Waals surface area (Å²) in [4.78, 5) is 2.19. The van der Waals surface area contributed by atoms with E-state index >= 15 is 0 Å². The highest BCUT2D eigenvalue weighted by molar-refractivity contribution is 4.91. The summed E-state index contributed by atoms with van der Waals surface area (Å²) in [5, 5.41) is 12.1. The van der Waals surface area contributed by atoms with Crippen molar-refractivity contribution in [1.82, 2.24) is 10.2 Å². The summed E-state index contributed by atoms with van der Waals surface area (Å²) in [5.41, 5.74) is 0. The van der Waals surface area contributed by atoms with Gasteiger partial charge in [0.25, 0.3) is 0 Å². The van der Waals surface area contributed by atoms with Gasteiger partial charge in [-0.2, -0.15) is 5.26 Å². The maximum Gasteiger partial charge on any atom is 0.108 e. The van der Waals surface area contributed by atoms with E-state index in [0.29, 0.717) is 6.10 Å². The lowest BCUT2D eigenvalue weighted by Crippen LogP contribution is -2.42. The molecule has 16 heavy (non-hydrogen) atoms. The predicted molar refractivity (Wildman–Crippen MR) is 64.2 cm³/mol. The van der Waals surface area contributed by atoms with Crippen molar-refractivity contribution in [3.05, 3.63) is 0 Å². The van der Waals surface area contributed by atoms with Gasteiger partial charge in [-0.15, -0.1) is 0 Å². The molecule has 1 aliphatic heterocycles. The van der Waals surface area contributed by atoms with Gasteiger partial charge in [-0.1, -0.05) is 6.92 Å². The molecule has 0 saturated carbocycles. The number of nitrogens with one attached hydrogen (secondary N) is 1. The number of hydrogen-bond acceptors (Lipinski definition) is 4. The fourth-order valence-electron chi connectivity index (χ4n) is 2.08. The Morgan fingerprint density at radius 3 is 2.94 bits per heavy atom. The highest BCUT2D eigenvalue weighted by atomic mass is 16.5. The van der Waals surface area contributed by atoms with Crippen molar-refractivity contribution in [2.45, 2.75) is 38.3 Å². The second-order valence-electron chi connectivity index (χ2n) is 4.45. The first-order valence-corrected chi connectivity index (χ1v) is 6.19. The molecule has 1 N–H and O–H groups in total. The van der Waals surface area contributed by atoms with E-state index in [0.717, 1.165) is 32.7 Å². The minimum Gasteiger partial charge on any atom is -0.377 e. The summed E-state index contributed by atoms with van der Waals surface area (Å²) < 4.78 is 5.68. The molecule has 0 aromatic heterocycles. The SMILES string of the molecule is CCNC(C#N)CN(C)CC1CCCCO1. The summed E-state index contributed by atoms with van der Waals surface area (Å²) in [7, 11) is 2.06. The standard InChI is InChI=1S/C12H23N3O/c1-3-14-11(8-13)9-15(2)10-12-6-4-5-7-16-12/h11-12,14H,3-7,9-10H2,1-2H3. The molecule has 2 atom stereocenters. The molecule has 0 bridgehead atoms. The van der Waals surface area contributed by atoms with Crippen LogP contribution in [0.15, 0.2) is 0 Å². The lowest BCUT2D eigenvalue weighted by Gasteiger charge is -2.28. The van der Waals surface area contributed by atoms with Gasteiger partial charge in [-0.25, -0.2) is 0 Å². The van der Waals surface area contributed by atoms with E-state index in [1.165, 1.54) is 12.8 Å². The molecule has 1 aliphatic rings. The molecule has 1 saturated heterocycles. The maximum atomic E-state index is 8.94. The van der Waals surface area contributed by atoms with Crippen LogP contribution in [0.5, 0.6) is 0 Å². The lowest BCUT2D eigenvalue weighted by molar-refractivity contribution is -0.00191. The maximum absolute atomic E-state index is 8.94. The Kier molecular flexibility index (Phi) is 6.39. The van der Waals surface area contributed by atoms with Gasteiger partial charge in [-0.05, 0) is 32.9 Å². The minimum absolute atomic E-state index is 0.0707. The van der Waals surface area contributed by atoms with Crippen LogP contribution >= 0.6 is 0 Å². The topological polar surface area (TPSA) is 48.3 Å². The summed E-state index contributed by atoms with van der Waals surface area (Å²) in [6, 6.07) is 2.21. The number of ether oxygens (including phenoxy) is 1. The van der Waals surface area contributed by atoms with Crippen molar-refractivity contribution in [2.75, 3.05) is 33.3 Å². The van der Waals surface area contributed by atoms with Crippen molar-refractivity contribution in [3.8, 4) is 6.07 Å². The molecule has 0 aromatic carbocycles. The Hall–Kier alpha value is -0.630. The molecule has 4 nitrogen and oxygen atoms in total. The highest BCUT2D eigenvalue weighted by Gasteiger charge is 2.17. The largest absolute Gasteiger partial charge is 0.377 e. The van der Waals surface area contributed by atoms with E-state index in [4.69, 9.17) is 10.00 Å². The third kappa shape index (κ3) is 4.93. The van der Waals surface area contributed by atoms with Crippen LogP contribution in [0, 0.1) is 11.3 Å². The van der Waals surface area contributed by atoms with E-state index in [-0.39, 0.29) is 6.04 Å². The van der Waals surface area contributed by atoms with Gasteiger partial charge in [0.15, 0.2) is 0 Å². The molecule has 1 heterocycles. The van der Waals surface area contributed by atoms with Gasteiger partial charge in [0.1, 0.15) is 6.04 Å². The average Bonchev–Trinajstić information content (AvgIpc) is 2.29. The number of nitriles is 1. The molecule has 4 heteroatoms. The highest BCUT2D eigenvalue weighted by Crippen LogP contribution is 2.13. The monoisotopic (exact) mass is 225 g/mol. The Morgan fingerprint density at radius 2 is 2.38 bits per heavy atom. The molecule has 1 rings (SSSR count). The average molecular weight is 225 g/mol. The second-order valence-corrected chi connectivity index (χ2v) is 4.45. The fraction of sp³-hybridized carbons (Fsp3) is 0.917. The van der Waals surface area contributed by atoms with Crippen molar-refractivity contribution < 1.29 is 4.74 Å². The predicted octanol–water partition coefficient (Wildman–Crippen LogP) is 0.989. The summed E-state index contributed by atoms with van der Waals surface area (Å²) in [6.07, 6.45) is 3.98. The summed E-state index contributed by atoms with van der Waals surface area (Å²) in [5.74, 6) is 0. The van der Waals surface area contributed by atoms with Gasteiger partial charge >= 0.3 is 0 Å². The fourth-order valence-corrected chi connectivity index (χ4v) is 2.08. The summed E-state index contributed by atoms with van der Waals surface area (Å²) in [6.45, 7) is 5.46. The molecule has 2 unspecified atom stereocenters. The van der Waals surface area contributed by atoms with Crippen molar-refractivity contribution in [3.63, 3.8) is 0 Å². The van der Waals surface area contributed by atoms with Crippen molar-refractivity contribution in [1.29, 1.82) is 5.26 Å². The van der Waals surface area contributed by atoms with E-state index in [1.54, 1.807) is 0 Å². The van der Waals surface area contributed by atoms with E-state index in [2.05, 4.69) is 23.3 Å². The first kappa shape index (κ1) is 13.4. The lowest BCUT2D eigenvalue weighted by atomic mass is 10.1. The summed E-state index contributed by atoms with van der Waals surface area (Å²) >= 11 is 0. The normalized spacial score (nSPS) is 23.0. The van der Waals surface area contributed by atoms with Crippen LogP contribution in [-0.4, -0.2) is 50.3 Å². The van der Waals surface area contributed by atoms with Crippen LogP contribution in [0.1, 0.15) is 26.2 Å². The zero-order chi connectivity index (χ0) is 11.8. The minimum atomic E-state index is -0.0707. The van der Waals surface area contributed by atoms with Gasteiger partial charge < -0.3 is 15.0 Å². The zero-order valence-electron chi connectivity index (χ0n) is 10.4. The second kappa shape index (κ2) is 7.61. The molecular weight excluding hydrogens is 202 g/mol. The Bertz CT molecular complexity index is 221. The van der Waals surface area contributed by atoms with Gasteiger partial charge in [0.05, 0.1) is 12.2 Å². The van der Waals surface area contributed by atoms with E-state index in [1.807, 2.05) is 6.92 Å². The molecule has 1 fully saturated rings. The van der Waals surface area contributed by atoms with Crippen LogP contribution in [0.3, 0.4) is 0 Å². The number of hydrogen-bond donors (Lipinski definition) is 1. The van der Waals surface area contributed by atoms with Gasteiger partial charge in [-0.3, -0.25) is 0 Å². The Balaban J connectivity index is 2.22. The molecule has 0 spiro atoms. The van der Waals surface area contributed by atoms with Crippen LogP contribution < -0.4 is 5.32 Å². The molecule has 0 aromatic rings. The molecule has 0 amide bonds. The number of likely N-dealkylation sites (N-methyl/N-ethyl adjacent to an activating group) is 2. The smallest absolute Gasteiger partial charge is 0.108 e. The Labute approximate surface area is 98.6 Å². The number of nitrogens with zero attached hydrogens (tertiary/aromatic N) is 2. The third-order valence-corrected chi connectivity index (χ3v) is 2.89. The van der Waals surface area contributed by atoms with E-state index < -0.39 is 0 Å². The van der Waals surface area contributed by atoms with Crippen LogP contribution in [-0.2, 0) is 4.74 Å². The molecular formula is C12H23N3O. The van der Waals surface area contributed by atoms with Crippen LogP contribution in [0.25, 0.3) is 0 Å². The molecule has 92 valence electrons. The van der Waals surface area contributed by atoms with Crippen molar-refractivity contribution in [2.24, 2.45) is 0 Å². The first-order valence-electron chi connectivity index (χ1n) is 6.19.